The van der Waals surface area contributed by atoms with E-state index in [1.165, 1.54) is 25.7 Å². The van der Waals surface area contributed by atoms with Crippen LogP contribution in [0.4, 0.5) is 0 Å². The van der Waals surface area contributed by atoms with Gasteiger partial charge in [0.05, 0.1) is 5.60 Å². The molecule has 0 amide bonds. The summed E-state index contributed by atoms with van der Waals surface area (Å²) in [4.78, 5) is 11.8. The first-order chi connectivity index (χ1) is 10.3. The standard InChI is InChI=1S/C20H30O2/c1-18-9-6-14(21)12-13(18)4-5-15-16(18)7-10-19(2)17(15)8-11-20(19,3)22/h6,9,13,15-17,22H,4-5,7-8,10-12H2,1-3H3. The number of fused-ring (bicyclic) bond motifs is 5. The van der Waals surface area contributed by atoms with Gasteiger partial charge in [0.15, 0.2) is 5.78 Å². The summed E-state index contributed by atoms with van der Waals surface area (Å²) in [6, 6.07) is 0. The summed E-state index contributed by atoms with van der Waals surface area (Å²) in [5, 5.41) is 10.9. The fourth-order valence-corrected chi connectivity index (χ4v) is 6.88. The van der Waals surface area contributed by atoms with Gasteiger partial charge in [0.1, 0.15) is 0 Å². The predicted octanol–water partition coefficient (Wildman–Crippen LogP) is 4.13. The Bertz CT molecular complexity index is 534. The van der Waals surface area contributed by atoms with E-state index >= 15 is 0 Å². The molecule has 4 aliphatic carbocycles. The molecule has 7 atom stereocenters. The van der Waals surface area contributed by atoms with Crippen LogP contribution < -0.4 is 0 Å². The lowest BCUT2D eigenvalue weighted by atomic mass is 9.45. The van der Waals surface area contributed by atoms with E-state index in [0.29, 0.717) is 23.5 Å². The van der Waals surface area contributed by atoms with Gasteiger partial charge in [0.2, 0.25) is 0 Å². The van der Waals surface area contributed by atoms with Gasteiger partial charge >= 0.3 is 0 Å². The van der Waals surface area contributed by atoms with Gasteiger partial charge in [-0.05, 0) is 86.0 Å². The highest BCUT2D eigenvalue weighted by atomic mass is 16.3. The molecule has 1 N–H and O–H groups in total. The Morgan fingerprint density at radius 1 is 1.05 bits per heavy atom. The maximum atomic E-state index is 11.8. The van der Waals surface area contributed by atoms with Gasteiger partial charge < -0.3 is 5.11 Å². The van der Waals surface area contributed by atoms with Gasteiger partial charge in [0, 0.05) is 6.42 Å². The van der Waals surface area contributed by atoms with Crippen molar-refractivity contribution in [3.8, 4) is 0 Å². The van der Waals surface area contributed by atoms with Crippen LogP contribution in [0.3, 0.4) is 0 Å². The molecule has 0 aromatic carbocycles. The SMILES string of the molecule is CC12C=CC(=O)CC1CCC1C2CCC2(C)C1CCC2(C)O. The second-order valence-electron chi connectivity index (χ2n) is 9.29. The van der Waals surface area contributed by atoms with Crippen LogP contribution in [-0.4, -0.2) is 16.5 Å². The minimum atomic E-state index is -0.487. The van der Waals surface area contributed by atoms with E-state index in [0.717, 1.165) is 25.2 Å². The third-order valence-electron chi connectivity index (χ3n) is 8.60. The van der Waals surface area contributed by atoms with Crippen molar-refractivity contribution in [1.29, 1.82) is 0 Å². The Balaban J connectivity index is 1.69. The summed E-state index contributed by atoms with van der Waals surface area (Å²) in [6.07, 6.45) is 11.9. The molecule has 0 spiro atoms. The third-order valence-corrected chi connectivity index (χ3v) is 8.60. The lowest BCUT2D eigenvalue weighted by molar-refractivity contribution is -0.135. The van der Waals surface area contributed by atoms with Crippen molar-refractivity contribution in [2.24, 2.45) is 34.5 Å². The second kappa shape index (κ2) is 4.47. The maximum Gasteiger partial charge on any atom is 0.155 e. The second-order valence-corrected chi connectivity index (χ2v) is 9.29. The largest absolute Gasteiger partial charge is 0.390 e. The Morgan fingerprint density at radius 2 is 1.77 bits per heavy atom. The van der Waals surface area contributed by atoms with Crippen LogP contribution in [0.5, 0.6) is 0 Å². The molecule has 3 saturated carbocycles. The topological polar surface area (TPSA) is 37.3 Å². The third kappa shape index (κ3) is 1.74. The molecule has 0 saturated heterocycles. The van der Waals surface area contributed by atoms with Gasteiger partial charge in [-0.1, -0.05) is 19.9 Å². The van der Waals surface area contributed by atoms with Gasteiger partial charge in [-0.3, -0.25) is 4.79 Å². The summed E-state index contributed by atoms with van der Waals surface area (Å²) in [6.45, 7) is 6.82. The average molecular weight is 302 g/mol. The molecule has 0 radical (unpaired) electrons. The Kier molecular flexibility index (Phi) is 3.03. The normalized spacial score (nSPS) is 57.2. The fourth-order valence-electron chi connectivity index (χ4n) is 6.88. The molecule has 0 aromatic rings. The quantitative estimate of drug-likeness (QED) is 0.730. The number of allylic oxidation sites excluding steroid dienone is 2. The van der Waals surface area contributed by atoms with E-state index < -0.39 is 5.60 Å². The van der Waals surface area contributed by atoms with Crippen LogP contribution in [0.1, 0.15) is 65.7 Å². The zero-order chi connectivity index (χ0) is 15.8. The zero-order valence-electron chi connectivity index (χ0n) is 14.3. The lowest BCUT2D eigenvalue weighted by Gasteiger charge is -2.59. The number of carbonyl (C=O) groups excluding carboxylic acids is 1. The van der Waals surface area contributed by atoms with E-state index in [4.69, 9.17) is 0 Å². The highest BCUT2D eigenvalue weighted by Crippen LogP contribution is 2.67. The molecule has 2 nitrogen and oxygen atoms in total. The van der Waals surface area contributed by atoms with Crippen molar-refractivity contribution in [3.63, 3.8) is 0 Å². The van der Waals surface area contributed by atoms with Gasteiger partial charge in [-0.2, -0.15) is 0 Å². The molecule has 4 rings (SSSR count). The van der Waals surface area contributed by atoms with E-state index in [2.05, 4.69) is 26.8 Å². The zero-order valence-corrected chi connectivity index (χ0v) is 14.3. The molecule has 0 aliphatic heterocycles. The van der Waals surface area contributed by atoms with Crippen LogP contribution in [0.25, 0.3) is 0 Å². The van der Waals surface area contributed by atoms with Gasteiger partial charge in [-0.25, -0.2) is 0 Å². The molecule has 4 aliphatic rings. The fraction of sp³-hybridized carbons (Fsp3) is 0.850. The van der Waals surface area contributed by atoms with Crippen LogP contribution in [0, 0.1) is 34.5 Å². The predicted molar refractivity (Wildman–Crippen MR) is 87.3 cm³/mol. The molecule has 0 bridgehead atoms. The minimum absolute atomic E-state index is 0.103. The highest BCUT2D eigenvalue weighted by molar-refractivity contribution is 5.91. The molecule has 7 unspecified atom stereocenters. The Morgan fingerprint density at radius 3 is 2.55 bits per heavy atom. The molecule has 0 heterocycles. The van der Waals surface area contributed by atoms with Crippen molar-refractivity contribution in [3.05, 3.63) is 12.2 Å². The maximum absolute atomic E-state index is 11.8. The smallest absolute Gasteiger partial charge is 0.155 e. The molecular weight excluding hydrogens is 272 g/mol. The van der Waals surface area contributed by atoms with Crippen LogP contribution in [-0.2, 0) is 4.79 Å². The number of ketones is 1. The number of hydrogen-bond acceptors (Lipinski definition) is 2. The molecule has 3 fully saturated rings. The van der Waals surface area contributed by atoms with Crippen molar-refractivity contribution in [1.82, 2.24) is 0 Å². The van der Waals surface area contributed by atoms with Crippen LogP contribution in [0.2, 0.25) is 0 Å². The van der Waals surface area contributed by atoms with Crippen LogP contribution >= 0.6 is 0 Å². The number of hydrogen-bond donors (Lipinski definition) is 1. The first-order valence-corrected chi connectivity index (χ1v) is 9.22. The monoisotopic (exact) mass is 302 g/mol. The summed E-state index contributed by atoms with van der Waals surface area (Å²) in [5.41, 5.74) is -0.170. The summed E-state index contributed by atoms with van der Waals surface area (Å²) < 4.78 is 0. The average Bonchev–Trinajstić information content (AvgIpc) is 2.70. The first-order valence-electron chi connectivity index (χ1n) is 9.22. The van der Waals surface area contributed by atoms with Crippen molar-refractivity contribution in [2.45, 2.75) is 71.3 Å². The summed E-state index contributed by atoms with van der Waals surface area (Å²) >= 11 is 0. The molecule has 2 heteroatoms. The van der Waals surface area contributed by atoms with Gasteiger partial charge in [-0.15, -0.1) is 0 Å². The van der Waals surface area contributed by atoms with Crippen molar-refractivity contribution < 1.29 is 9.90 Å². The van der Waals surface area contributed by atoms with E-state index in [-0.39, 0.29) is 10.8 Å². The number of aliphatic hydroxyl groups is 1. The van der Waals surface area contributed by atoms with Gasteiger partial charge in [0.25, 0.3) is 0 Å². The van der Waals surface area contributed by atoms with E-state index in [1.54, 1.807) is 0 Å². The summed E-state index contributed by atoms with van der Waals surface area (Å²) in [5.74, 6) is 3.00. The Labute approximate surface area is 134 Å². The van der Waals surface area contributed by atoms with E-state index in [9.17, 15) is 9.90 Å². The molecule has 22 heavy (non-hydrogen) atoms. The lowest BCUT2D eigenvalue weighted by Crippen LogP contribution is -2.55. The number of carbonyl (C=O) groups is 1. The molecular formula is C20H30O2. The highest BCUT2D eigenvalue weighted by Gasteiger charge is 2.62. The van der Waals surface area contributed by atoms with Crippen molar-refractivity contribution >= 4 is 5.78 Å². The first kappa shape index (κ1) is 14.9. The molecule has 122 valence electrons. The number of rotatable bonds is 0. The van der Waals surface area contributed by atoms with Crippen LogP contribution in [0.15, 0.2) is 12.2 Å². The Hall–Kier alpha value is -0.630. The van der Waals surface area contributed by atoms with E-state index in [1.807, 2.05) is 6.08 Å². The minimum Gasteiger partial charge on any atom is -0.390 e. The van der Waals surface area contributed by atoms with Crippen molar-refractivity contribution in [2.75, 3.05) is 0 Å². The molecule has 0 aromatic heterocycles. The summed E-state index contributed by atoms with van der Waals surface area (Å²) in [7, 11) is 0.